The van der Waals surface area contributed by atoms with Crippen molar-refractivity contribution in [3.05, 3.63) is 18.2 Å². The van der Waals surface area contributed by atoms with E-state index in [-0.39, 0.29) is 12.1 Å². The molecule has 2 rings (SSSR count). The molecule has 2 atom stereocenters. The van der Waals surface area contributed by atoms with Crippen molar-refractivity contribution in [3.63, 3.8) is 0 Å². The van der Waals surface area contributed by atoms with Crippen molar-refractivity contribution in [1.29, 1.82) is 0 Å². The minimum Gasteiger partial charge on any atom is -0.497 e. The summed E-state index contributed by atoms with van der Waals surface area (Å²) in [5, 5.41) is 13.3. The van der Waals surface area contributed by atoms with Crippen LogP contribution in [0.2, 0.25) is 0 Å². The van der Waals surface area contributed by atoms with Gasteiger partial charge in [0.25, 0.3) is 0 Å². The SMILES string of the molecule is COc1ccc(N[C@H]2CCCC[C@@H]2O)c(OC)c1. The second kappa shape index (κ2) is 5.96. The number of methoxy groups -OCH3 is 2. The number of benzene rings is 1. The molecule has 1 aliphatic carbocycles. The monoisotopic (exact) mass is 251 g/mol. The summed E-state index contributed by atoms with van der Waals surface area (Å²) >= 11 is 0. The fraction of sp³-hybridized carbons (Fsp3) is 0.571. The number of aliphatic hydroxyl groups is 1. The van der Waals surface area contributed by atoms with Crippen LogP contribution < -0.4 is 14.8 Å². The molecule has 0 bridgehead atoms. The number of hydrogen-bond donors (Lipinski definition) is 2. The molecule has 4 nitrogen and oxygen atoms in total. The van der Waals surface area contributed by atoms with Crippen LogP contribution in [0.3, 0.4) is 0 Å². The fourth-order valence-electron chi connectivity index (χ4n) is 2.40. The molecule has 0 unspecified atom stereocenters. The molecule has 1 saturated carbocycles. The maximum absolute atomic E-state index is 9.97. The zero-order valence-corrected chi connectivity index (χ0v) is 11.0. The first kappa shape index (κ1) is 13.0. The Hall–Kier alpha value is -1.42. The van der Waals surface area contributed by atoms with E-state index in [0.29, 0.717) is 0 Å². The van der Waals surface area contributed by atoms with E-state index >= 15 is 0 Å². The van der Waals surface area contributed by atoms with E-state index in [4.69, 9.17) is 9.47 Å². The molecule has 0 aromatic heterocycles. The number of hydrogen-bond acceptors (Lipinski definition) is 4. The molecule has 4 heteroatoms. The number of ether oxygens (including phenoxy) is 2. The predicted molar refractivity (Wildman–Crippen MR) is 71.4 cm³/mol. The van der Waals surface area contributed by atoms with E-state index in [2.05, 4.69) is 5.32 Å². The fourth-order valence-corrected chi connectivity index (χ4v) is 2.40. The van der Waals surface area contributed by atoms with Gasteiger partial charge in [0.1, 0.15) is 11.5 Å². The highest BCUT2D eigenvalue weighted by Crippen LogP contribution is 2.31. The zero-order valence-electron chi connectivity index (χ0n) is 11.0. The number of nitrogens with one attached hydrogen (secondary N) is 1. The van der Waals surface area contributed by atoms with E-state index < -0.39 is 0 Å². The van der Waals surface area contributed by atoms with Crippen LogP contribution in [-0.2, 0) is 0 Å². The molecule has 0 aliphatic heterocycles. The van der Waals surface area contributed by atoms with Gasteiger partial charge < -0.3 is 19.9 Å². The summed E-state index contributed by atoms with van der Waals surface area (Å²) in [7, 11) is 3.27. The van der Waals surface area contributed by atoms with Gasteiger partial charge in [-0.2, -0.15) is 0 Å². The lowest BCUT2D eigenvalue weighted by molar-refractivity contribution is 0.116. The van der Waals surface area contributed by atoms with Crippen LogP contribution in [0, 0.1) is 0 Å². The predicted octanol–water partition coefficient (Wildman–Crippen LogP) is 2.42. The standard InChI is InChI=1S/C14H21NO3/c1-17-10-7-8-12(14(9-10)18-2)15-11-5-3-4-6-13(11)16/h7-9,11,13,15-16H,3-6H2,1-2H3/t11-,13-/m0/s1. The average Bonchev–Trinajstić information content (AvgIpc) is 2.41. The quantitative estimate of drug-likeness (QED) is 0.863. The molecule has 1 aromatic carbocycles. The first-order valence-corrected chi connectivity index (χ1v) is 6.41. The van der Waals surface area contributed by atoms with E-state index in [1.807, 2.05) is 18.2 Å². The molecule has 1 aliphatic rings. The first-order chi connectivity index (χ1) is 8.74. The normalized spacial score (nSPS) is 23.5. The van der Waals surface area contributed by atoms with Crippen LogP contribution >= 0.6 is 0 Å². The highest BCUT2D eigenvalue weighted by molar-refractivity contribution is 5.59. The van der Waals surface area contributed by atoms with Crippen LogP contribution in [0.5, 0.6) is 11.5 Å². The Labute approximate surface area is 108 Å². The Morgan fingerprint density at radius 2 is 1.94 bits per heavy atom. The lowest BCUT2D eigenvalue weighted by Crippen LogP contribution is -2.36. The number of anilines is 1. The Balaban J connectivity index is 2.12. The van der Waals surface area contributed by atoms with E-state index in [1.165, 1.54) is 0 Å². The van der Waals surface area contributed by atoms with Gasteiger partial charge in [-0.1, -0.05) is 12.8 Å². The summed E-state index contributed by atoms with van der Waals surface area (Å²) in [6.45, 7) is 0. The number of rotatable bonds is 4. The summed E-state index contributed by atoms with van der Waals surface area (Å²) in [5.74, 6) is 1.51. The topological polar surface area (TPSA) is 50.7 Å². The van der Waals surface area contributed by atoms with Crippen molar-refractivity contribution >= 4 is 5.69 Å². The molecule has 0 radical (unpaired) electrons. The van der Waals surface area contributed by atoms with E-state index in [0.717, 1.165) is 42.9 Å². The molecule has 1 aromatic rings. The summed E-state index contributed by atoms with van der Waals surface area (Å²) in [6.07, 6.45) is 3.87. The van der Waals surface area contributed by atoms with Crippen molar-refractivity contribution < 1.29 is 14.6 Å². The highest BCUT2D eigenvalue weighted by Gasteiger charge is 2.23. The van der Waals surface area contributed by atoms with Gasteiger partial charge in [-0.3, -0.25) is 0 Å². The maximum Gasteiger partial charge on any atom is 0.145 e. The van der Waals surface area contributed by atoms with Gasteiger partial charge in [0, 0.05) is 6.07 Å². The van der Waals surface area contributed by atoms with E-state index in [1.54, 1.807) is 14.2 Å². The van der Waals surface area contributed by atoms with E-state index in [9.17, 15) is 5.11 Å². The van der Waals surface area contributed by atoms with Crippen LogP contribution in [0.1, 0.15) is 25.7 Å². The Kier molecular flexibility index (Phi) is 4.31. The van der Waals surface area contributed by atoms with Gasteiger partial charge in [0.05, 0.1) is 32.1 Å². The van der Waals surface area contributed by atoms with Crippen molar-refractivity contribution in [2.75, 3.05) is 19.5 Å². The van der Waals surface area contributed by atoms with Crippen LogP contribution in [0.25, 0.3) is 0 Å². The van der Waals surface area contributed by atoms with Gasteiger partial charge in [-0.05, 0) is 25.0 Å². The minimum absolute atomic E-state index is 0.112. The lowest BCUT2D eigenvalue weighted by atomic mass is 9.92. The molecule has 0 amide bonds. The second-order valence-electron chi connectivity index (χ2n) is 4.67. The van der Waals surface area contributed by atoms with Gasteiger partial charge in [0.2, 0.25) is 0 Å². The molecule has 1 fully saturated rings. The molecule has 0 heterocycles. The molecule has 18 heavy (non-hydrogen) atoms. The third-order valence-corrected chi connectivity index (χ3v) is 3.48. The summed E-state index contributed by atoms with van der Waals surface area (Å²) in [4.78, 5) is 0. The summed E-state index contributed by atoms with van der Waals surface area (Å²) < 4.78 is 10.5. The molecule has 0 spiro atoms. The zero-order chi connectivity index (χ0) is 13.0. The van der Waals surface area contributed by atoms with Crippen LogP contribution in [0.4, 0.5) is 5.69 Å². The summed E-state index contributed by atoms with van der Waals surface area (Å²) in [6, 6.07) is 5.78. The minimum atomic E-state index is -0.273. The molecule has 0 saturated heterocycles. The Morgan fingerprint density at radius 3 is 2.61 bits per heavy atom. The van der Waals surface area contributed by atoms with Crippen LogP contribution in [0.15, 0.2) is 18.2 Å². The smallest absolute Gasteiger partial charge is 0.145 e. The summed E-state index contributed by atoms with van der Waals surface area (Å²) in [5.41, 5.74) is 0.907. The number of aliphatic hydroxyl groups excluding tert-OH is 1. The largest absolute Gasteiger partial charge is 0.497 e. The first-order valence-electron chi connectivity index (χ1n) is 6.41. The highest BCUT2D eigenvalue weighted by atomic mass is 16.5. The third kappa shape index (κ3) is 2.88. The Morgan fingerprint density at radius 1 is 1.17 bits per heavy atom. The second-order valence-corrected chi connectivity index (χ2v) is 4.67. The van der Waals surface area contributed by atoms with Gasteiger partial charge in [-0.15, -0.1) is 0 Å². The Bertz CT molecular complexity index is 395. The van der Waals surface area contributed by atoms with Gasteiger partial charge in [-0.25, -0.2) is 0 Å². The molecule has 100 valence electrons. The molecule has 2 N–H and O–H groups in total. The van der Waals surface area contributed by atoms with Crippen molar-refractivity contribution in [2.45, 2.75) is 37.8 Å². The van der Waals surface area contributed by atoms with Crippen molar-refractivity contribution in [3.8, 4) is 11.5 Å². The van der Waals surface area contributed by atoms with Gasteiger partial charge >= 0.3 is 0 Å². The third-order valence-electron chi connectivity index (χ3n) is 3.48. The lowest BCUT2D eigenvalue weighted by Gasteiger charge is -2.29. The molecular formula is C14H21NO3. The average molecular weight is 251 g/mol. The molecular weight excluding hydrogens is 230 g/mol. The van der Waals surface area contributed by atoms with Crippen molar-refractivity contribution in [2.24, 2.45) is 0 Å². The maximum atomic E-state index is 9.97. The van der Waals surface area contributed by atoms with Crippen LogP contribution in [-0.4, -0.2) is 31.5 Å². The van der Waals surface area contributed by atoms with Gasteiger partial charge in [0.15, 0.2) is 0 Å². The van der Waals surface area contributed by atoms with Crippen molar-refractivity contribution in [1.82, 2.24) is 0 Å².